The minimum atomic E-state index is 0.385. The first kappa shape index (κ1) is 15.1. The highest BCUT2D eigenvalue weighted by Crippen LogP contribution is 2.32. The molecule has 0 aliphatic carbocycles. The summed E-state index contributed by atoms with van der Waals surface area (Å²) in [5.41, 5.74) is 4.00. The lowest BCUT2D eigenvalue weighted by Gasteiger charge is -2.23. The largest absolute Gasteiger partial charge is 0.493 e. The van der Waals surface area contributed by atoms with Gasteiger partial charge in [-0.2, -0.15) is 0 Å². The fourth-order valence-corrected chi connectivity index (χ4v) is 3.24. The summed E-state index contributed by atoms with van der Waals surface area (Å²) in [7, 11) is 0. The maximum atomic E-state index is 5.89. The van der Waals surface area contributed by atoms with Crippen molar-refractivity contribution >= 4 is 0 Å². The van der Waals surface area contributed by atoms with Crippen LogP contribution in [0.2, 0.25) is 0 Å². The Balaban J connectivity index is 1.73. The number of rotatable bonds is 4. The van der Waals surface area contributed by atoms with Crippen molar-refractivity contribution in [1.82, 2.24) is 5.32 Å². The maximum absolute atomic E-state index is 5.89. The maximum Gasteiger partial charge on any atom is 0.124 e. The Morgan fingerprint density at radius 1 is 1.18 bits per heavy atom. The van der Waals surface area contributed by atoms with Gasteiger partial charge in [0.1, 0.15) is 5.75 Å². The van der Waals surface area contributed by atoms with E-state index in [2.05, 4.69) is 67.7 Å². The van der Waals surface area contributed by atoms with E-state index in [1.165, 1.54) is 16.7 Å². The highest BCUT2D eigenvalue weighted by atomic mass is 16.5. The quantitative estimate of drug-likeness (QED) is 0.901. The van der Waals surface area contributed by atoms with Gasteiger partial charge in [0.25, 0.3) is 0 Å². The molecule has 0 saturated carbocycles. The van der Waals surface area contributed by atoms with E-state index in [9.17, 15) is 0 Å². The van der Waals surface area contributed by atoms with Gasteiger partial charge in [-0.25, -0.2) is 0 Å². The average Bonchev–Trinajstić information content (AvgIpc) is 2.71. The number of ether oxygens (including phenoxy) is 1. The van der Waals surface area contributed by atoms with Crippen molar-refractivity contribution < 1.29 is 4.74 Å². The van der Waals surface area contributed by atoms with Crippen molar-refractivity contribution in [2.45, 2.75) is 45.2 Å². The number of benzene rings is 2. The summed E-state index contributed by atoms with van der Waals surface area (Å²) < 4.78 is 5.89. The van der Waals surface area contributed by atoms with Crippen molar-refractivity contribution in [2.24, 2.45) is 0 Å². The van der Waals surface area contributed by atoms with Crippen molar-refractivity contribution in [2.75, 3.05) is 6.61 Å². The van der Waals surface area contributed by atoms with Gasteiger partial charge in [-0.3, -0.25) is 0 Å². The lowest BCUT2D eigenvalue weighted by molar-refractivity contribution is 0.314. The van der Waals surface area contributed by atoms with Crippen molar-refractivity contribution in [3.63, 3.8) is 0 Å². The van der Waals surface area contributed by atoms with E-state index in [0.717, 1.165) is 31.6 Å². The zero-order chi connectivity index (χ0) is 15.4. The zero-order valence-corrected chi connectivity index (χ0v) is 13.5. The van der Waals surface area contributed by atoms with Gasteiger partial charge in [0, 0.05) is 17.6 Å². The van der Waals surface area contributed by atoms with Gasteiger partial charge < -0.3 is 10.1 Å². The molecule has 1 aliphatic rings. The summed E-state index contributed by atoms with van der Waals surface area (Å²) in [6, 6.07) is 18.0. The minimum Gasteiger partial charge on any atom is -0.493 e. The lowest BCUT2D eigenvalue weighted by Crippen LogP contribution is -2.32. The normalized spacial score (nSPS) is 18.9. The van der Waals surface area contributed by atoms with E-state index in [-0.39, 0.29) is 0 Å². The Morgan fingerprint density at radius 2 is 2.00 bits per heavy atom. The van der Waals surface area contributed by atoms with Crippen LogP contribution in [0.5, 0.6) is 5.75 Å². The van der Waals surface area contributed by atoms with Crippen LogP contribution in [0.4, 0.5) is 0 Å². The summed E-state index contributed by atoms with van der Waals surface area (Å²) in [6.07, 6.45) is 3.29. The lowest BCUT2D eigenvalue weighted by atomic mass is 9.98. The van der Waals surface area contributed by atoms with E-state index in [0.29, 0.717) is 12.1 Å². The van der Waals surface area contributed by atoms with E-state index in [4.69, 9.17) is 4.74 Å². The standard InChI is InChI=1S/C20H25NO/c1-15-10-11-20-18(13-15)19(9-6-12-22-20)21-16(2)14-17-7-4-3-5-8-17/h3-5,7-8,10-11,13,16,19,21H,6,9,12,14H2,1-2H3. The van der Waals surface area contributed by atoms with Gasteiger partial charge in [-0.05, 0) is 44.7 Å². The van der Waals surface area contributed by atoms with Gasteiger partial charge in [0.05, 0.1) is 6.61 Å². The Bertz CT molecular complexity index is 608. The second-order valence-electron chi connectivity index (χ2n) is 6.34. The summed E-state index contributed by atoms with van der Waals surface area (Å²) in [5, 5.41) is 3.81. The predicted octanol–water partition coefficient (Wildman–Crippen LogP) is 4.43. The van der Waals surface area contributed by atoms with Crippen LogP contribution in [0.3, 0.4) is 0 Å². The molecule has 0 spiro atoms. The first-order chi connectivity index (χ1) is 10.7. The van der Waals surface area contributed by atoms with Gasteiger partial charge in [-0.1, -0.05) is 48.0 Å². The smallest absolute Gasteiger partial charge is 0.124 e. The number of nitrogens with one attached hydrogen (secondary N) is 1. The molecular weight excluding hydrogens is 270 g/mol. The van der Waals surface area contributed by atoms with Crippen LogP contribution in [-0.4, -0.2) is 12.6 Å². The molecule has 2 unspecified atom stereocenters. The topological polar surface area (TPSA) is 21.3 Å². The van der Waals surface area contributed by atoms with E-state index in [1.807, 2.05) is 0 Å². The van der Waals surface area contributed by atoms with Crippen LogP contribution in [-0.2, 0) is 6.42 Å². The fourth-order valence-electron chi connectivity index (χ4n) is 3.24. The van der Waals surface area contributed by atoms with E-state index in [1.54, 1.807) is 0 Å². The van der Waals surface area contributed by atoms with Crippen LogP contribution >= 0.6 is 0 Å². The Labute approximate surface area is 133 Å². The second-order valence-corrected chi connectivity index (χ2v) is 6.34. The van der Waals surface area contributed by atoms with Gasteiger partial charge >= 0.3 is 0 Å². The van der Waals surface area contributed by atoms with Crippen LogP contribution in [0.25, 0.3) is 0 Å². The molecule has 0 bridgehead atoms. The average molecular weight is 295 g/mol. The molecule has 0 radical (unpaired) electrons. The molecule has 0 fully saturated rings. The van der Waals surface area contributed by atoms with Gasteiger partial charge in [0.15, 0.2) is 0 Å². The molecule has 3 rings (SSSR count). The zero-order valence-electron chi connectivity index (χ0n) is 13.5. The van der Waals surface area contributed by atoms with Crippen LogP contribution < -0.4 is 10.1 Å². The fraction of sp³-hybridized carbons (Fsp3) is 0.400. The van der Waals surface area contributed by atoms with Crippen LogP contribution in [0.1, 0.15) is 42.5 Å². The summed E-state index contributed by atoms with van der Waals surface area (Å²) >= 11 is 0. The predicted molar refractivity (Wildman–Crippen MR) is 91.4 cm³/mol. The van der Waals surface area contributed by atoms with Crippen LogP contribution in [0.15, 0.2) is 48.5 Å². The first-order valence-electron chi connectivity index (χ1n) is 8.25. The van der Waals surface area contributed by atoms with Gasteiger partial charge in [-0.15, -0.1) is 0 Å². The molecular formula is C20H25NO. The van der Waals surface area contributed by atoms with Crippen molar-refractivity contribution in [3.05, 3.63) is 65.2 Å². The van der Waals surface area contributed by atoms with E-state index >= 15 is 0 Å². The molecule has 1 heterocycles. The Kier molecular flexibility index (Phi) is 4.79. The molecule has 2 aromatic rings. The highest BCUT2D eigenvalue weighted by Gasteiger charge is 2.21. The molecule has 2 nitrogen and oxygen atoms in total. The number of hydrogen-bond acceptors (Lipinski definition) is 2. The van der Waals surface area contributed by atoms with Crippen molar-refractivity contribution in [1.29, 1.82) is 0 Å². The third kappa shape index (κ3) is 3.69. The second kappa shape index (κ2) is 6.97. The number of aryl methyl sites for hydroxylation is 1. The molecule has 0 amide bonds. The monoisotopic (exact) mass is 295 g/mol. The molecule has 2 atom stereocenters. The number of fused-ring (bicyclic) bond motifs is 1. The summed E-state index contributed by atoms with van der Waals surface area (Å²) in [4.78, 5) is 0. The molecule has 1 N–H and O–H groups in total. The van der Waals surface area contributed by atoms with E-state index < -0.39 is 0 Å². The summed E-state index contributed by atoms with van der Waals surface area (Å²) in [6.45, 7) is 5.24. The minimum absolute atomic E-state index is 0.385. The molecule has 0 saturated heterocycles. The third-order valence-electron chi connectivity index (χ3n) is 4.31. The van der Waals surface area contributed by atoms with Crippen LogP contribution in [0, 0.1) is 6.92 Å². The summed E-state index contributed by atoms with van der Waals surface area (Å²) in [5.74, 6) is 1.05. The SMILES string of the molecule is Cc1ccc2c(c1)C(NC(C)Cc1ccccc1)CCCO2. The molecule has 0 aromatic heterocycles. The Hall–Kier alpha value is -1.80. The van der Waals surface area contributed by atoms with Crippen molar-refractivity contribution in [3.8, 4) is 5.75 Å². The molecule has 116 valence electrons. The first-order valence-corrected chi connectivity index (χ1v) is 8.25. The molecule has 22 heavy (non-hydrogen) atoms. The molecule has 2 aromatic carbocycles. The Morgan fingerprint density at radius 3 is 2.82 bits per heavy atom. The van der Waals surface area contributed by atoms with Gasteiger partial charge in [0.2, 0.25) is 0 Å². The highest BCUT2D eigenvalue weighted by molar-refractivity contribution is 5.39. The molecule has 1 aliphatic heterocycles. The molecule has 2 heteroatoms. The third-order valence-corrected chi connectivity index (χ3v) is 4.31. The number of hydrogen-bond donors (Lipinski definition) is 1.